The van der Waals surface area contributed by atoms with Crippen LogP contribution in [0.2, 0.25) is 0 Å². The van der Waals surface area contributed by atoms with Crippen molar-refractivity contribution in [1.29, 1.82) is 0 Å². The summed E-state index contributed by atoms with van der Waals surface area (Å²) < 4.78 is 44.6. The Hall–Kier alpha value is -2.00. The fourth-order valence-corrected chi connectivity index (χ4v) is 3.35. The summed E-state index contributed by atoms with van der Waals surface area (Å²) in [4.78, 5) is 0. The molecule has 1 saturated carbocycles. The molecule has 0 aromatic heterocycles. The summed E-state index contributed by atoms with van der Waals surface area (Å²) in [6.07, 6.45) is 5.27. The van der Waals surface area contributed by atoms with Gasteiger partial charge in [0.15, 0.2) is 0 Å². The molecule has 6 nitrogen and oxygen atoms in total. The third-order valence-corrected chi connectivity index (χ3v) is 4.36. The molecule has 2 rings (SSSR count). The van der Waals surface area contributed by atoms with E-state index >= 15 is 0 Å². The van der Waals surface area contributed by atoms with Crippen molar-refractivity contribution in [2.75, 3.05) is 0 Å². The van der Waals surface area contributed by atoms with Gasteiger partial charge >= 0.3 is 190 Å². The summed E-state index contributed by atoms with van der Waals surface area (Å²) in [5, 5.41) is 0. The van der Waals surface area contributed by atoms with Crippen LogP contribution in [0.3, 0.4) is 0 Å². The van der Waals surface area contributed by atoms with Crippen molar-refractivity contribution >= 4 is 4.08 Å². The predicted molar refractivity (Wildman–Crippen MR) is 99.8 cm³/mol. The van der Waals surface area contributed by atoms with Gasteiger partial charge in [0.05, 0.1) is 0 Å². The summed E-state index contributed by atoms with van der Waals surface area (Å²) in [6, 6.07) is 10.8. The topological polar surface area (TPSA) is 109 Å². The minimum absolute atomic E-state index is 0.306. The molecule has 0 aliphatic heterocycles. The molecule has 2 atom stereocenters. The quantitative estimate of drug-likeness (QED) is 0.303. The molecule has 0 radical (unpaired) electrons. The number of rotatable bonds is 3. The Morgan fingerprint density at radius 2 is 1.37 bits per heavy atom. The van der Waals surface area contributed by atoms with Crippen LogP contribution in [-0.4, -0.2) is 10.2 Å². The van der Waals surface area contributed by atoms with Crippen LogP contribution in [-0.2, 0) is 47.4 Å². The second kappa shape index (κ2) is 29.2. The van der Waals surface area contributed by atoms with Crippen molar-refractivity contribution in [2.45, 2.75) is 51.6 Å². The molecule has 1 fully saturated rings. The molecule has 7 heteroatoms. The van der Waals surface area contributed by atoms with Crippen molar-refractivity contribution in [1.82, 2.24) is 0 Å². The molecule has 0 heterocycles. The third-order valence-electron chi connectivity index (χ3n) is 3.65. The number of hydrogen-bond acceptors (Lipinski definition) is 1. The van der Waals surface area contributed by atoms with Crippen molar-refractivity contribution in [3.8, 4) is 11.8 Å². The molecule has 156 valence electrons. The van der Waals surface area contributed by atoms with Gasteiger partial charge in [-0.15, -0.1) is 0 Å². The fraction of sp³-hybridized carbons (Fsp3) is 0.391. The Morgan fingerprint density at radius 3 is 1.83 bits per heavy atom. The molecule has 0 unspecified atom stereocenters. The Balaban J connectivity index is -0.000000296. The van der Waals surface area contributed by atoms with Gasteiger partial charge in [0.1, 0.15) is 0 Å². The van der Waals surface area contributed by atoms with Gasteiger partial charge < -0.3 is 0 Å². The summed E-state index contributed by atoms with van der Waals surface area (Å²) in [6.45, 7) is 26.7. The first-order valence-electron chi connectivity index (χ1n) is 8.46. The first kappa shape index (κ1) is 35.4. The molecule has 0 N–H and O–H groups in total. The number of benzene rings is 1. The normalized spacial score (nSPS) is 15.1. The molecule has 0 bridgehead atoms. The van der Waals surface area contributed by atoms with Crippen molar-refractivity contribution < 1.29 is 47.4 Å². The van der Waals surface area contributed by atoms with Crippen LogP contribution in [0.15, 0.2) is 30.3 Å². The fourth-order valence-electron chi connectivity index (χ4n) is 2.69. The number of hydrogen-bond donors (Lipinski definition) is 0. The van der Waals surface area contributed by atoms with Gasteiger partial charge in [-0.05, 0) is 0 Å². The second-order valence-electron chi connectivity index (χ2n) is 5.67. The maximum atomic E-state index is 7.50. The van der Waals surface area contributed by atoms with E-state index in [0.717, 1.165) is 10.5 Å². The van der Waals surface area contributed by atoms with Crippen molar-refractivity contribution in [3.63, 3.8) is 0 Å². The van der Waals surface area contributed by atoms with Gasteiger partial charge in [-0.3, -0.25) is 0 Å². The first-order chi connectivity index (χ1) is 14.7. The van der Waals surface area contributed by atoms with Crippen LogP contribution >= 0.6 is 0 Å². The maximum absolute atomic E-state index is 7.50. The van der Waals surface area contributed by atoms with Crippen LogP contribution in [0.25, 0.3) is 0 Å². The van der Waals surface area contributed by atoms with E-state index in [4.69, 9.17) is 28.0 Å². The molecule has 30 heavy (non-hydrogen) atoms. The van der Waals surface area contributed by atoms with E-state index in [0.29, 0.717) is 17.9 Å². The van der Waals surface area contributed by atoms with Gasteiger partial charge in [-0.2, -0.15) is 0 Å². The molecule has 0 amide bonds. The van der Waals surface area contributed by atoms with Gasteiger partial charge in [-0.1, -0.05) is 0 Å². The SMILES string of the molecule is CC(C)C#C[C](=[W])O[C@@H]1CCCC[C@H]1c1ccccc1.[C-]#[O+].[C-]#[O+].[C-]#[O+].[C-]#[O+].[C-]#[O+]. The van der Waals surface area contributed by atoms with Crippen LogP contribution in [0.1, 0.15) is 51.0 Å². The average Bonchev–Trinajstić information content (AvgIpc) is 2.85. The summed E-state index contributed by atoms with van der Waals surface area (Å²) in [7, 11) is 0. The summed E-state index contributed by atoms with van der Waals surface area (Å²) in [5.74, 6) is 7.32. The molecule has 1 aliphatic carbocycles. The monoisotopic (exact) mass is 578 g/mol. The van der Waals surface area contributed by atoms with E-state index in [2.05, 4.69) is 89.3 Å². The second-order valence-corrected chi connectivity index (χ2v) is 7.00. The van der Waals surface area contributed by atoms with Crippen molar-refractivity contribution in [3.05, 3.63) is 69.1 Å². The molecule has 1 aromatic carbocycles. The van der Waals surface area contributed by atoms with Gasteiger partial charge in [0.25, 0.3) is 0 Å². The molecular formula is C23H22O6W. The Kier molecular flexibility index (Phi) is 34.5. The van der Waals surface area contributed by atoms with Gasteiger partial charge in [0, 0.05) is 0 Å². The van der Waals surface area contributed by atoms with E-state index in [-0.39, 0.29) is 0 Å². The van der Waals surface area contributed by atoms with Crippen molar-refractivity contribution in [2.24, 2.45) is 5.92 Å². The molecule has 1 aromatic rings. The first-order valence-corrected chi connectivity index (χ1v) is 9.92. The zero-order chi connectivity index (χ0) is 24.4. The molecular weight excluding hydrogens is 556 g/mol. The van der Waals surface area contributed by atoms with Gasteiger partial charge in [0.2, 0.25) is 0 Å². The van der Waals surface area contributed by atoms with E-state index in [9.17, 15) is 0 Å². The van der Waals surface area contributed by atoms with Crippen LogP contribution < -0.4 is 0 Å². The van der Waals surface area contributed by atoms with E-state index in [1.165, 1.54) is 44.2 Å². The van der Waals surface area contributed by atoms with E-state index in [1.54, 1.807) is 0 Å². The third kappa shape index (κ3) is 18.1. The molecule has 1 aliphatic rings. The Morgan fingerprint density at radius 1 is 0.900 bits per heavy atom. The van der Waals surface area contributed by atoms with E-state index in [1.807, 2.05) is 0 Å². The minimum atomic E-state index is 0.306. The van der Waals surface area contributed by atoms with E-state index < -0.39 is 0 Å². The summed E-state index contributed by atoms with van der Waals surface area (Å²) in [5.41, 5.74) is 1.41. The van der Waals surface area contributed by atoms with Gasteiger partial charge in [-0.25, -0.2) is 0 Å². The van der Waals surface area contributed by atoms with Crippen LogP contribution in [0.4, 0.5) is 0 Å². The Bertz CT molecular complexity index is 670. The molecule has 0 saturated heterocycles. The van der Waals surface area contributed by atoms with Crippen LogP contribution in [0, 0.1) is 51.0 Å². The zero-order valence-electron chi connectivity index (χ0n) is 16.8. The number of ether oxygens (including phenoxy) is 1. The van der Waals surface area contributed by atoms with Crippen LogP contribution in [0.5, 0.6) is 0 Å². The Labute approximate surface area is 189 Å². The predicted octanol–water partition coefficient (Wildman–Crippen LogP) is 3.88. The molecule has 0 spiro atoms. The summed E-state index contributed by atoms with van der Waals surface area (Å²) >= 11 is 1.34. The zero-order valence-corrected chi connectivity index (χ0v) is 19.7. The standard InChI is InChI=1S/C18H22O.5CO.W/c1-15(2)9-8-14-19-18-13-7-6-12-17(18)16-10-4-3-5-11-16;5*1-2;/h3-5,10-11,15,17-18H,6-7,12-13H2,1-2H3;;;;;;/t17-,18+;;;;;;/m0....../s1. The average molecular weight is 578 g/mol.